The molecule has 3 N–H and O–H groups in total. The number of hydrogen-bond donors (Lipinski definition) is 3. The van der Waals surface area contributed by atoms with Crippen molar-refractivity contribution in [2.24, 2.45) is 10.2 Å². The van der Waals surface area contributed by atoms with Crippen molar-refractivity contribution in [1.82, 2.24) is 0 Å². The lowest BCUT2D eigenvalue weighted by molar-refractivity contribution is 0.101. The number of hydrogen-bond acceptors (Lipinski definition) is 8. The third-order valence-corrected chi connectivity index (χ3v) is 7.41. The smallest absolute Gasteiger partial charge is 0.259 e. The zero-order valence-electron chi connectivity index (χ0n) is 26.3. The van der Waals surface area contributed by atoms with Crippen molar-refractivity contribution in [2.45, 2.75) is 20.8 Å². The normalized spacial score (nSPS) is 11.0. The number of carbonyl (C=O) groups is 2. The van der Waals surface area contributed by atoms with Crippen LogP contribution in [0.2, 0.25) is 5.02 Å². The SMILES string of the molecule is CCOc1cc(NC(=O)c2ccccc2)c(OCC)cc1/N=N/c1c(O)c(C(=O)Nc2ccc(Cl)cc2C)cc2cc(OC)ccc12. The number of anilines is 2. The van der Waals surface area contributed by atoms with E-state index in [-0.39, 0.29) is 28.6 Å². The molecule has 0 saturated heterocycles. The van der Waals surface area contributed by atoms with Crippen LogP contribution < -0.4 is 24.8 Å². The van der Waals surface area contributed by atoms with E-state index in [9.17, 15) is 14.7 Å². The Balaban J connectivity index is 1.58. The van der Waals surface area contributed by atoms with Crippen molar-refractivity contribution in [2.75, 3.05) is 31.0 Å². The van der Waals surface area contributed by atoms with Gasteiger partial charge >= 0.3 is 0 Å². The van der Waals surface area contributed by atoms with Gasteiger partial charge in [0.2, 0.25) is 0 Å². The molecule has 2 amide bonds. The molecule has 0 aliphatic heterocycles. The molecule has 0 aromatic heterocycles. The number of nitrogens with one attached hydrogen (secondary N) is 2. The molecule has 10 nitrogen and oxygen atoms in total. The number of aryl methyl sites for hydroxylation is 1. The molecular weight excluding hydrogens is 620 g/mol. The minimum Gasteiger partial charge on any atom is -0.505 e. The topological polar surface area (TPSA) is 131 Å². The zero-order chi connectivity index (χ0) is 33.5. The van der Waals surface area contributed by atoms with Gasteiger partial charge < -0.3 is 30.0 Å². The molecule has 0 spiro atoms. The van der Waals surface area contributed by atoms with Crippen LogP contribution in [0.15, 0.2) is 95.2 Å². The van der Waals surface area contributed by atoms with Gasteiger partial charge in [0.1, 0.15) is 28.6 Å². The maximum atomic E-state index is 13.5. The monoisotopic (exact) mass is 652 g/mol. The first-order valence-corrected chi connectivity index (χ1v) is 15.2. The van der Waals surface area contributed by atoms with Crippen molar-refractivity contribution < 1.29 is 28.9 Å². The van der Waals surface area contributed by atoms with Crippen LogP contribution >= 0.6 is 11.6 Å². The second-order valence-corrected chi connectivity index (χ2v) is 10.8. The van der Waals surface area contributed by atoms with Gasteiger partial charge in [0.25, 0.3) is 11.8 Å². The molecule has 0 aliphatic rings. The molecule has 0 radical (unpaired) electrons. The summed E-state index contributed by atoms with van der Waals surface area (Å²) in [5.41, 5.74) is 2.48. The lowest BCUT2D eigenvalue weighted by Gasteiger charge is -2.16. The molecule has 0 fully saturated rings. The number of rotatable bonds is 11. The van der Waals surface area contributed by atoms with Gasteiger partial charge in [-0.05, 0) is 86.3 Å². The lowest BCUT2D eigenvalue weighted by Crippen LogP contribution is -2.13. The van der Waals surface area contributed by atoms with Gasteiger partial charge in [-0.15, -0.1) is 10.2 Å². The van der Waals surface area contributed by atoms with Crippen LogP contribution in [0.25, 0.3) is 10.8 Å². The van der Waals surface area contributed by atoms with Gasteiger partial charge in [0.15, 0.2) is 5.75 Å². The molecule has 0 aliphatic carbocycles. The average molecular weight is 653 g/mol. The van der Waals surface area contributed by atoms with Crippen LogP contribution in [0.4, 0.5) is 22.7 Å². The van der Waals surface area contributed by atoms with Crippen LogP contribution in [-0.4, -0.2) is 37.2 Å². The number of amides is 2. The summed E-state index contributed by atoms with van der Waals surface area (Å²) < 4.78 is 17.1. The number of phenolic OH excluding ortho intramolecular Hbond substituents is 1. The van der Waals surface area contributed by atoms with Crippen LogP contribution in [-0.2, 0) is 0 Å². The largest absolute Gasteiger partial charge is 0.505 e. The molecule has 11 heteroatoms. The molecule has 5 aromatic carbocycles. The number of benzene rings is 5. The summed E-state index contributed by atoms with van der Waals surface area (Å²) in [5, 5.41) is 27.7. The molecule has 240 valence electrons. The van der Waals surface area contributed by atoms with E-state index in [0.717, 1.165) is 5.56 Å². The minimum atomic E-state index is -0.554. The fourth-order valence-electron chi connectivity index (χ4n) is 4.87. The summed E-state index contributed by atoms with van der Waals surface area (Å²) in [7, 11) is 1.54. The number of fused-ring (bicyclic) bond motifs is 1. The molecule has 0 heterocycles. The number of methoxy groups -OCH3 is 1. The highest BCUT2D eigenvalue weighted by Crippen LogP contribution is 2.43. The summed E-state index contributed by atoms with van der Waals surface area (Å²) in [5.74, 6) is -0.0233. The Morgan fingerprint density at radius 3 is 2.23 bits per heavy atom. The Morgan fingerprint density at radius 1 is 0.809 bits per heavy atom. The number of aromatic hydroxyl groups is 1. The van der Waals surface area contributed by atoms with E-state index in [2.05, 4.69) is 20.9 Å². The first kappa shape index (κ1) is 32.8. The fourth-order valence-corrected chi connectivity index (χ4v) is 5.10. The quantitative estimate of drug-likeness (QED) is 0.122. The number of azo groups is 1. The predicted octanol–water partition coefficient (Wildman–Crippen LogP) is 9.23. The summed E-state index contributed by atoms with van der Waals surface area (Å²) >= 11 is 6.09. The highest BCUT2D eigenvalue weighted by atomic mass is 35.5. The summed E-state index contributed by atoms with van der Waals surface area (Å²) in [6.07, 6.45) is 0. The van der Waals surface area contributed by atoms with Gasteiger partial charge in [-0.3, -0.25) is 9.59 Å². The number of halogens is 1. The Morgan fingerprint density at radius 2 is 1.53 bits per heavy atom. The molecule has 0 atom stereocenters. The van der Waals surface area contributed by atoms with E-state index in [1.165, 1.54) is 7.11 Å². The summed E-state index contributed by atoms with van der Waals surface area (Å²) in [6, 6.07) is 23.8. The van der Waals surface area contributed by atoms with E-state index in [1.54, 1.807) is 78.9 Å². The van der Waals surface area contributed by atoms with Gasteiger partial charge in [-0.25, -0.2) is 0 Å². The van der Waals surface area contributed by atoms with Crippen LogP contribution in [0.5, 0.6) is 23.0 Å². The highest BCUT2D eigenvalue weighted by Gasteiger charge is 2.21. The first-order valence-electron chi connectivity index (χ1n) is 14.8. The van der Waals surface area contributed by atoms with Crippen LogP contribution in [0.1, 0.15) is 40.1 Å². The standard InChI is InChI=1S/C36H33ClN4O6/c1-5-46-31-20-30(32(47-6-2)19-29(31)39-35(43)22-10-8-7-9-11-22)40-41-33-26-14-13-25(45-4)17-23(26)18-27(34(33)42)36(44)38-28-15-12-24(37)16-21(28)3/h7-20,42H,5-6H2,1-4H3,(H,38,44)(H,39,43)/b41-40+. The number of carbonyl (C=O) groups excluding carboxylic acids is 2. The number of nitrogens with zero attached hydrogens (tertiary/aromatic N) is 2. The molecule has 47 heavy (non-hydrogen) atoms. The van der Waals surface area contributed by atoms with Crippen molar-refractivity contribution in [3.05, 3.63) is 107 Å². The Labute approximate surface area is 277 Å². The van der Waals surface area contributed by atoms with Crippen molar-refractivity contribution >= 4 is 56.9 Å². The molecule has 0 unspecified atom stereocenters. The average Bonchev–Trinajstić information content (AvgIpc) is 3.07. The van der Waals surface area contributed by atoms with Crippen molar-refractivity contribution in [1.29, 1.82) is 0 Å². The van der Waals surface area contributed by atoms with E-state index < -0.39 is 5.91 Å². The van der Waals surface area contributed by atoms with Gasteiger partial charge in [-0.2, -0.15) is 0 Å². The van der Waals surface area contributed by atoms with E-state index in [0.29, 0.717) is 63.2 Å². The van der Waals surface area contributed by atoms with E-state index in [1.807, 2.05) is 26.8 Å². The Kier molecular flexibility index (Phi) is 10.2. The third kappa shape index (κ3) is 7.45. The first-order chi connectivity index (χ1) is 22.7. The van der Waals surface area contributed by atoms with Gasteiger partial charge in [0, 0.05) is 33.8 Å². The van der Waals surface area contributed by atoms with Crippen molar-refractivity contribution in [3.8, 4) is 23.0 Å². The Hall–Kier alpha value is -5.61. The number of phenols is 1. The molecular formula is C36H33ClN4O6. The second-order valence-electron chi connectivity index (χ2n) is 10.3. The molecule has 0 bridgehead atoms. The predicted molar refractivity (Wildman–Crippen MR) is 184 cm³/mol. The molecule has 5 rings (SSSR count). The van der Waals surface area contributed by atoms with Gasteiger partial charge in [0.05, 0.1) is 31.6 Å². The highest BCUT2D eigenvalue weighted by molar-refractivity contribution is 6.30. The Bertz CT molecular complexity index is 1980. The zero-order valence-corrected chi connectivity index (χ0v) is 27.0. The maximum absolute atomic E-state index is 13.5. The lowest BCUT2D eigenvalue weighted by atomic mass is 10.0. The number of ether oxygens (including phenoxy) is 3. The van der Waals surface area contributed by atoms with E-state index in [4.69, 9.17) is 25.8 Å². The van der Waals surface area contributed by atoms with E-state index >= 15 is 0 Å². The van der Waals surface area contributed by atoms with Gasteiger partial charge in [-0.1, -0.05) is 29.8 Å². The maximum Gasteiger partial charge on any atom is 0.259 e. The molecule has 0 saturated carbocycles. The summed E-state index contributed by atoms with van der Waals surface area (Å²) in [6.45, 7) is 6.07. The van der Waals surface area contributed by atoms with Crippen LogP contribution in [0, 0.1) is 6.92 Å². The summed E-state index contributed by atoms with van der Waals surface area (Å²) in [4.78, 5) is 26.5. The minimum absolute atomic E-state index is 0.0203. The second kappa shape index (κ2) is 14.7. The van der Waals surface area contributed by atoms with Crippen LogP contribution in [0.3, 0.4) is 0 Å². The van der Waals surface area contributed by atoms with Crippen molar-refractivity contribution in [3.63, 3.8) is 0 Å². The third-order valence-electron chi connectivity index (χ3n) is 7.18. The fraction of sp³-hybridized carbons (Fsp3) is 0.167. The molecule has 5 aromatic rings.